The molecule has 0 bridgehead atoms. The van der Waals surface area contributed by atoms with E-state index >= 15 is 0 Å². The molecule has 0 atom stereocenters. The normalized spacial score (nSPS) is 12.9. The SMILES string of the molecule is CC1(C)c2ccccc2-c2cc(-c3ccccc3-c3ccccc3)c(N(c3ccccc3)c3ccccc3)cc21. The van der Waals surface area contributed by atoms with Gasteiger partial charge in [0, 0.05) is 22.4 Å². The molecular formula is C39H31N. The minimum atomic E-state index is -0.1000. The van der Waals surface area contributed by atoms with E-state index in [1.54, 1.807) is 0 Å². The molecule has 0 heterocycles. The molecule has 0 unspecified atom stereocenters. The van der Waals surface area contributed by atoms with Gasteiger partial charge in [0.1, 0.15) is 0 Å². The van der Waals surface area contributed by atoms with E-state index in [0.717, 1.165) is 11.4 Å². The summed E-state index contributed by atoms with van der Waals surface area (Å²) >= 11 is 0. The third kappa shape index (κ3) is 3.94. The molecule has 0 fully saturated rings. The molecule has 0 aromatic heterocycles. The summed E-state index contributed by atoms with van der Waals surface area (Å²) in [6, 6.07) is 54.8. The van der Waals surface area contributed by atoms with Crippen molar-refractivity contribution in [3.05, 3.63) is 163 Å². The van der Waals surface area contributed by atoms with E-state index in [2.05, 4.69) is 170 Å². The Labute approximate surface area is 237 Å². The van der Waals surface area contributed by atoms with Gasteiger partial charge in [-0.15, -0.1) is 0 Å². The van der Waals surface area contributed by atoms with Crippen LogP contribution in [0.5, 0.6) is 0 Å². The van der Waals surface area contributed by atoms with Gasteiger partial charge in [0.25, 0.3) is 0 Å². The standard InChI is InChI=1S/C39H31N/c1-39(2)36-25-15-14-24-33(36)34-26-35(32-23-13-12-22-31(32)28-16-6-3-7-17-28)38(27-37(34)39)40(29-18-8-4-9-19-29)30-20-10-5-11-21-30/h3-27H,1-2H3. The predicted octanol–water partition coefficient (Wildman–Crippen LogP) is 10.8. The maximum Gasteiger partial charge on any atom is 0.0543 e. The minimum absolute atomic E-state index is 0.1000. The average Bonchev–Trinajstić information content (AvgIpc) is 3.24. The highest BCUT2D eigenvalue weighted by molar-refractivity contribution is 5.98. The molecule has 1 aliphatic carbocycles. The van der Waals surface area contributed by atoms with Gasteiger partial charge in [0.15, 0.2) is 0 Å². The maximum atomic E-state index is 2.45. The van der Waals surface area contributed by atoms with E-state index in [1.807, 2.05) is 0 Å². The van der Waals surface area contributed by atoms with Crippen molar-refractivity contribution >= 4 is 17.1 Å². The van der Waals surface area contributed by atoms with Crippen LogP contribution in [0, 0.1) is 0 Å². The second kappa shape index (κ2) is 9.70. The number of benzene rings is 6. The molecule has 0 N–H and O–H groups in total. The molecule has 0 spiro atoms. The Morgan fingerprint density at radius 3 is 1.52 bits per heavy atom. The number of para-hydroxylation sites is 2. The molecule has 0 aliphatic heterocycles. The van der Waals surface area contributed by atoms with E-state index < -0.39 is 0 Å². The van der Waals surface area contributed by atoms with Gasteiger partial charge in [0.2, 0.25) is 0 Å². The van der Waals surface area contributed by atoms with Crippen molar-refractivity contribution in [3.63, 3.8) is 0 Å². The summed E-state index contributed by atoms with van der Waals surface area (Å²) in [7, 11) is 0. The van der Waals surface area contributed by atoms with E-state index in [0.29, 0.717) is 0 Å². The lowest BCUT2D eigenvalue weighted by Gasteiger charge is -2.31. The van der Waals surface area contributed by atoms with Crippen molar-refractivity contribution in [3.8, 4) is 33.4 Å². The summed E-state index contributed by atoms with van der Waals surface area (Å²) in [5.74, 6) is 0. The van der Waals surface area contributed by atoms with Crippen LogP contribution in [0.15, 0.2) is 152 Å². The van der Waals surface area contributed by atoms with Crippen molar-refractivity contribution in [1.82, 2.24) is 0 Å². The first kappa shape index (κ1) is 24.2. The van der Waals surface area contributed by atoms with Crippen LogP contribution in [0.3, 0.4) is 0 Å². The number of hydrogen-bond acceptors (Lipinski definition) is 1. The second-order valence-corrected chi connectivity index (χ2v) is 11.0. The van der Waals surface area contributed by atoms with Gasteiger partial charge in [-0.1, -0.05) is 129 Å². The topological polar surface area (TPSA) is 3.24 Å². The Morgan fingerprint density at radius 2 is 0.900 bits per heavy atom. The summed E-state index contributed by atoms with van der Waals surface area (Å²) in [5.41, 5.74) is 13.7. The first-order valence-corrected chi connectivity index (χ1v) is 14.0. The van der Waals surface area contributed by atoms with Crippen LogP contribution in [-0.4, -0.2) is 0 Å². The number of hydrogen-bond donors (Lipinski definition) is 0. The molecule has 6 aromatic carbocycles. The van der Waals surface area contributed by atoms with Gasteiger partial charge in [-0.25, -0.2) is 0 Å². The molecule has 7 rings (SSSR count). The highest BCUT2D eigenvalue weighted by Gasteiger charge is 2.37. The quantitative estimate of drug-likeness (QED) is 0.222. The van der Waals surface area contributed by atoms with Crippen molar-refractivity contribution in [2.24, 2.45) is 0 Å². The summed E-state index contributed by atoms with van der Waals surface area (Å²) in [6.07, 6.45) is 0. The molecular weight excluding hydrogens is 482 g/mol. The van der Waals surface area contributed by atoms with Gasteiger partial charge >= 0.3 is 0 Å². The van der Waals surface area contributed by atoms with Crippen LogP contribution in [0.4, 0.5) is 17.1 Å². The van der Waals surface area contributed by atoms with Crippen molar-refractivity contribution in [2.75, 3.05) is 4.90 Å². The predicted molar refractivity (Wildman–Crippen MR) is 170 cm³/mol. The van der Waals surface area contributed by atoms with E-state index in [-0.39, 0.29) is 5.41 Å². The van der Waals surface area contributed by atoms with Gasteiger partial charge in [-0.2, -0.15) is 0 Å². The fourth-order valence-corrected chi connectivity index (χ4v) is 6.31. The van der Waals surface area contributed by atoms with Gasteiger partial charge in [-0.3, -0.25) is 0 Å². The molecule has 0 saturated heterocycles. The molecule has 1 nitrogen and oxygen atoms in total. The second-order valence-electron chi connectivity index (χ2n) is 11.0. The summed E-state index contributed by atoms with van der Waals surface area (Å²) in [5, 5.41) is 0. The molecule has 0 saturated carbocycles. The Bertz CT molecular complexity index is 1760. The lowest BCUT2D eigenvalue weighted by molar-refractivity contribution is 0.660. The third-order valence-corrected chi connectivity index (χ3v) is 8.27. The maximum absolute atomic E-state index is 2.45. The van der Waals surface area contributed by atoms with Crippen LogP contribution in [-0.2, 0) is 5.41 Å². The van der Waals surface area contributed by atoms with E-state index in [9.17, 15) is 0 Å². The molecule has 0 radical (unpaired) electrons. The fraction of sp³-hybridized carbons (Fsp3) is 0.0769. The summed E-state index contributed by atoms with van der Waals surface area (Å²) in [4.78, 5) is 2.41. The van der Waals surface area contributed by atoms with Crippen molar-refractivity contribution in [2.45, 2.75) is 19.3 Å². The highest BCUT2D eigenvalue weighted by atomic mass is 15.1. The molecule has 1 heteroatoms. The Morgan fingerprint density at radius 1 is 0.400 bits per heavy atom. The third-order valence-electron chi connectivity index (χ3n) is 8.27. The minimum Gasteiger partial charge on any atom is -0.310 e. The van der Waals surface area contributed by atoms with Crippen molar-refractivity contribution in [1.29, 1.82) is 0 Å². The largest absolute Gasteiger partial charge is 0.310 e. The van der Waals surface area contributed by atoms with Crippen LogP contribution in [0.25, 0.3) is 33.4 Å². The van der Waals surface area contributed by atoms with Gasteiger partial charge in [0.05, 0.1) is 5.69 Å². The first-order chi connectivity index (χ1) is 19.6. The zero-order valence-corrected chi connectivity index (χ0v) is 22.9. The van der Waals surface area contributed by atoms with Crippen LogP contribution >= 0.6 is 0 Å². The number of anilines is 3. The average molecular weight is 514 g/mol. The van der Waals surface area contributed by atoms with Crippen LogP contribution in [0.1, 0.15) is 25.0 Å². The summed E-state index contributed by atoms with van der Waals surface area (Å²) < 4.78 is 0. The zero-order chi connectivity index (χ0) is 27.1. The number of nitrogens with zero attached hydrogens (tertiary/aromatic N) is 1. The fourth-order valence-electron chi connectivity index (χ4n) is 6.31. The number of fused-ring (bicyclic) bond motifs is 3. The first-order valence-electron chi connectivity index (χ1n) is 14.0. The van der Waals surface area contributed by atoms with Gasteiger partial charge in [-0.05, 0) is 75.3 Å². The molecule has 40 heavy (non-hydrogen) atoms. The molecule has 0 amide bonds. The lowest BCUT2D eigenvalue weighted by atomic mass is 9.81. The molecule has 6 aromatic rings. The Balaban J connectivity index is 1.58. The molecule has 1 aliphatic rings. The molecule has 192 valence electrons. The van der Waals surface area contributed by atoms with Gasteiger partial charge < -0.3 is 4.90 Å². The zero-order valence-electron chi connectivity index (χ0n) is 22.9. The Hall–Kier alpha value is -4.88. The van der Waals surface area contributed by atoms with Crippen LogP contribution < -0.4 is 4.90 Å². The highest BCUT2D eigenvalue weighted by Crippen LogP contribution is 2.54. The van der Waals surface area contributed by atoms with Crippen molar-refractivity contribution < 1.29 is 0 Å². The van der Waals surface area contributed by atoms with Crippen LogP contribution in [0.2, 0.25) is 0 Å². The Kier molecular flexibility index (Phi) is 5.86. The smallest absolute Gasteiger partial charge is 0.0543 e. The van der Waals surface area contributed by atoms with E-state index in [4.69, 9.17) is 0 Å². The monoisotopic (exact) mass is 513 g/mol. The van der Waals surface area contributed by atoms with E-state index in [1.165, 1.54) is 50.2 Å². The summed E-state index contributed by atoms with van der Waals surface area (Å²) in [6.45, 7) is 4.71. The number of rotatable bonds is 5. The lowest BCUT2D eigenvalue weighted by Crippen LogP contribution is -2.17.